The number of esters is 1. The van der Waals surface area contributed by atoms with Gasteiger partial charge in [0.05, 0.1) is 12.7 Å². The van der Waals surface area contributed by atoms with Crippen LogP contribution in [0.3, 0.4) is 0 Å². The standard InChI is InChI=1S/C19H20ClNO4S/c1-11-9-12(7-8-14(11)20)25-10-16(22)21-18-17(19(23)24-2)13-5-3-4-6-15(13)26-18/h7-9H,3-6,10H2,1-2H3,(H,21,22). The van der Waals surface area contributed by atoms with Gasteiger partial charge in [-0.3, -0.25) is 4.79 Å². The summed E-state index contributed by atoms with van der Waals surface area (Å²) in [5.41, 5.74) is 2.38. The van der Waals surface area contributed by atoms with Crippen LogP contribution in [0.25, 0.3) is 0 Å². The summed E-state index contributed by atoms with van der Waals surface area (Å²) in [4.78, 5) is 25.6. The van der Waals surface area contributed by atoms with Crippen molar-refractivity contribution in [1.82, 2.24) is 0 Å². The lowest BCUT2D eigenvalue weighted by Crippen LogP contribution is -2.21. The summed E-state index contributed by atoms with van der Waals surface area (Å²) in [5.74, 6) is -0.156. The number of amides is 1. The summed E-state index contributed by atoms with van der Waals surface area (Å²) in [6, 6.07) is 5.22. The largest absolute Gasteiger partial charge is 0.484 e. The molecule has 1 aliphatic carbocycles. The normalized spacial score (nSPS) is 13.0. The zero-order valence-corrected chi connectivity index (χ0v) is 16.3. The van der Waals surface area contributed by atoms with Gasteiger partial charge < -0.3 is 14.8 Å². The summed E-state index contributed by atoms with van der Waals surface area (Å²) in [6.45, 7) is 1.72. The molecule has 0 fully saturated rings. The molecule has 0 saturated carbocycles. The summed E-state index contributed by atoms with van der Waals surface area (Å²) in [5, 5.41) is 4.00. The van der Waals surface area contributed by atoms with Gasteiger partial charge in [0, 0.05) is 9.90 Å². The minimum Gasteiger partial charge on any atom is -0.484 e. The lowest BCUT2D eigenvalue weighted by Gasteiger charge is -2.12. The van der Waals surface area contributed by atoms with Gasteiger partial charge in [-0.1, -0.05) is 11.6 Å². The number of carbonyl (C=O) groups excluding carboxylic acids is 2. The smallest absolute Gasteiger partial charge is 0.341 e. The molecule has 0 aliphatic heterocycles. The zero-order chi connectivity index (χ0) is 18.7. The first-order valence-corrected chi connectivity index (χ1v) is 9.60. The average molecular weight is 394 g/mol. The molecule has 2 aromatic rings. The van der Waals surface area contributed by atoms with Crippen LogP contribution < -0.4 is 10.1 Å². The third kappa shape index (κ3) is 4.02. The number of ether oxygens (including phenoxy) is 2. The number of halogens is 1. The van der Waals surface area contributed by atoms with Crippen molar-refractivity contribution in [3.63, 3.8) is 0 Å². The highest BCUT2D eigenvalue weighted by atomic mass is 35.5. The molecule has 138 valence electrons. The van der Waals surface area contributed by atoms with Crippen molar-refractivity contribution in [1.29, 1.82) is 0 Å². The van der Waals surface area contributed by atoms with Crippen LogP contribution in [-0.2, 0) is 22.4 Å². The Morgan fingerprint density at radius 1 is 1.27 bits per heavy atom. The Bertz CT molecular complexity index is 846. The number of nitrogens with one attached hydrogen (secondary N) is 1. The van der Waals surface area contributed by atoms with Crippen LogP contribution >= 0.6 is 22.9 Å². The summed E-state index contributed by atoms with van der Waals surface area (Å²) >= 11 is 7.44. The number of thiophene rings is 1. The Labute approximate surface area is 161 Å². The summed E-state index contributed by atoms with van der Waals surface area (Å²) < 4.78 is 10.4. The first-order valence-electron chi connectivity index (χ1n) is 8.41. The van der Waals surface area contributed by atoms with Gasteiger partial charge in [-0.15, -0.1) is 11.3 Å². The Kier molecular flexibility index (Phi) is 5.84. The van der Waals surface area contributed by atoms with Gasteiger partial charge in [0.1, 0.15) is 10.8 Å². The molecule has 1 heterocycles. The van der Waals surface area contributed by atoms with Gasteiger partial charge in [0.25, 0.3) is 5.91 Å². The fourth-order valence-corrected chi connectivity index (χ4v) is 4.40. The quantitative estimate of drug-likeness (QED) is 0.765. The van der Waals surface area contributed by atoms with E-state index in [0.29, 0.717) is 21.3 Å². The fourth-order valence-electron chi connectivity index (χ4n) is 2.99. The van der Waals surface area contributed by atoms with Crippen molar-refractivity contribution in [2.45, 2.75) is 32.6 Å². The molecule has 1 amide bonds. The van der Waals surface area contributed by atoms with Gasteiger partial charge in [-0.2, -0.15) is 0 Å². The highest BCUT2D eigenvalue weighted by molar-refractivity contribution is 7.17. The molecule has 0 atom stereocenters. The van der Waals surface area contributed by atoms with Crippen LogP contribution in [-0.4, -0.2) is 25.6 Å². The molecule has 0 spiro atoms. The fraction of sp³-hybridized carbons (Fsp3) is 0.368. The Morgan fingerprint density at radius 3 is 2.77 bits per heavy atom. The second kappa shape index (κ2) is 8.10. The number of rotatable bonds is 5. The number of anilines is 1. The van der Waals surface area contributed by atoms with Crippen molar-refractivity contribution in [3.8, 4) is 5.75 Å². The van der Waals surface area contributed by atoms with E-state index >= 15 is 0 Å². The van der Waals surface area contributed by atoms with Crippen molar-refractivity contribution in [2.75, 3.05) is 19.0 Å². The molecule has 5 nitrogen and oxygen atoms in total. The van der Waals surface area contributed by atoms with E-state index in [1.165, 1.54) is 18.4 Å². The van der Waals surface area contributed by atoms with Gasteiger partial charge in [-0.05, 0) is 61.9 Å². The second-order valence-electron chi connectivity index (χ2n) is 6.15. The zero-order valence-electron chi connectivity index (χ0n) is 14.7. The van der Waals surface area contributed by atoms with E-state index in [-0.39, 0.29) is 12.5 Å². The van der Waals surface area contributed by atoms with Gasteiger partial charge in [-0.25, -0.2) is 4.79 Å². The number of carbonyl (C=O) groups is 2. The van der Waals surface area contributed by atoms with Gasteiger partial charge in [0.15, 0.2) is 6.61 Å². The van der Waals surface area contributed by atoms with Crippen LogP contribution in [0.4, 0.5) is 5.00 Å². The van der Waals surface area contributed by atoms with Crippen LogP contribution in [0.2, 0.25) is 5.02 Å². The molecule has 1 aromatic heterocycles. The molecule has 26 heavy (non-hydrogen) atoms. The topological polar surface area (TPSA) is 64.6 Å². The van der Waals surface area contributed by atoms with Crippen molar-refractivity contribution in [3.05, 3.63) is 44.8 Å². The highest BCUT2D eigenvalue weighted by Crippen LogP contribution is 2.38. The van der Waals surface area contributed by atoms with Crippen molar-refractivity contribution < 1.29 is 19.1 Å². The van der Waals surface area contributed by atoms with Gasteiger partial charge >= 0.3 is 5.97 Å². The van der Waals surface area contributed by atoms with E-state index in [2.05, 4.69) is 5.32 Å². The predicted octanol–water partition coefficient (Wildman–Crippen LogP) is 4.39. The number of methoxy groups -OCH3 is 1. The van der Waals surface area contributed by atoms with E-state index < -0.39 is 5.97 Å². The van der Waals surface area contributed by atoms with E-state index in [1.807, 2.05) is 6.92 Å². The number of hydrogen-bond donors (Lipinski definition) is 1. The monoisotopic (exact) mass is 393 g/mol. The van der Waals surface area contributed by atoms with Crippen LogP contribution in [0, 0.1) is 6.92 Å². The Hall–Kier alpha value is -2.05. The lowest BCUT2D eigenvalue weighted by atomic mass is 9.95. The van der Waals surface area contributed by atoms with Gasteiger partial charge in [0.2, 0.25) is 0 Å². The minimum atomic E-state index is -0.408. The number of benzene rings is 1. The first kappa shape index (κ1) is 18.7. The van der Waals surface area contributed by atoms with E-state index in [0.717, 1.165) is 41.7 Å². The number of fused-ring (bicyclic) bond motifs is 1. The number of aryl methyl sites for hydroxylation is 2. The van der Waals surface area contributed by atoms with Crippen LogP contribution in [0.5, 0.6) is 5.75 Å². The molecule has 3 rings (SSSR count). The Balaban J connectivity index is 1.71. The molecular weight excluding hydrogens is 374 g/mol. The van der Waals surface area contributed by atoms with E-state index in [4.69, 9.17) is 21.1 Å². The molecule has 0 saturated heterocycles. The van der Waals surface area contributed by atoms with Crippen molar-refractivity contribution >= 4 is 39.8 Å². The lowest BCUT2D eigenvalue weighted by molar-refractivity contribution is -0.118. The van der Waals surface area contributed by atoms with E-state index in [1.54, 1.807) is 18.2 Å². The maximum absolute atomic E-state index is 12.3. The summed E-state index contributed by atoms with van der Waals surface area (Å²) in [7, 11) is 1.35. The molecule has 0 radical (unpaired) electrons. The SMILES string of the molecule is COC(=O)c1c(NC(=O)COc2ccc(Cl)c(C)c2)sc2c1CCCC2. The first-order chi connectivity index (χ1) is 12.5. The molecule has 0 unspecified atom stereocenters. The van der Waals surface area contributed by atoms with E-state index in [9.17, 15) is 9.59 Å². The molecule has 0 bridgehead atoms. The molecule has 1 aromatic carbocycles. The molecule has 1 N–H and O–H groups in total. The maximum atomic E-state index is 12.3. The Morgan fingerprint density at radius 2 is 2.04 bits per heavy atom. The average Bonchev–Trinajstić information content (AvgIpc) is 2.99. The van der Waals surface area contributed by atoms with Crippen molar-refractivity contribution in [2.24, 2.45) is 0 Å². The molecular formula is C19H20ClNO4S. The maximum Gasteiger partial charge on any atom is 0.341 e. The molecule has 1 aliphatic rings. The highest BCUT2D eigenvalue weighted by Gasteiger charge is 2.26. The third-order valence-electron chi connectivity index (χ3n) is 4.31. The summed E-state index contributed by atoms with van der Waals surface area (Å²) in [6.07, 6.45) is 3.91. The van der Waals surface area contributed by atoms with Crippen LogP contribution in [0.15, 0.2) is 18.2 Å². The number of hydrogen-bond acceptors (Lipinski definition) is 5. The second-order valence-corrected chi connectivity index (χ2v) is 7.67. The minimum absolute atomic E-state index is 0.149. The predicted molar refractivity (Wildman–Crippen MR) is 103 cm³/mol. The van der Waals surface area contributed by atoms with Crippen LogP contribution in [0.1, 0.15) is 39.2 Å². The molecule has 7 heteroatoms. The third-order valence-corrected chi connectivity index (χ3v) is 5.94.